The fourth-order valence-electron chi connectivity index (χ4n) is 1.92. The Balaban J connectivity index is 2.05. The van der Waals surface area contributed by atoms with Crippen molar-refractivity contribution in [2.24, 2.45) is 0 Å². The van der Waals surface area contributed by atoms with Gasteiger partial charge in [0, 0.05) is 24.2 Å². The van der Waals surface area contributed by atoms with E-state index in [0.29, 0.717) is 5.69 Å². The van der Waals surface area contributed by atoms with E-state index in [-0.39, 0.29) is 30.2 Å². The smallest absolute Gasteiger partial charge is 0.143 e. The summed E-state index contributed by atoms with van der Waals surface area (Å²) in [6.45, 7) is 3.96. The minimum absolute atomic E-state index is 0.0769. The monoisotopic (exact) mass is 278 g/mol. The summed E-state index contributed by atoms with van der Waals surface area (Å²) in [5.74, 6) is -1.64. The molecule has 1 aromatic carbocycles. The molecule has 1 heterocycles. The van der Waals surface area contributed by atoms with E-state index in [1.165, 1.54) is 6.07 Å². The summed E-state index contributed by atoms with van der Waals surface area (Å²) in [5.41, 5.74) is 0.432. The van der Waals surface area contributed by atoms with Crippen LogP contribution < -0.4 is 0 Å². The van der Waals surface area contributed by atoms with Gasteiger partial charge in [-0.2, -0.15) is 5.10 Å². The first-order chi connectivity index (χ1) is 9.47. The van der Waals surface area contributed by atoms with E-state index in [2.05, 4.69) is 5.10 Å². The van der Waals surface area contributed by atoms with Gasteiger partial charge in [0.05, 0.1) is 12.1 Å². The third kappa shape index (κ3) is 3.29. The van der Waals surface area contributed by atoms with Crippen LogP contribution in [0.5, 0.6) is 0 Å². The lowest BCUT2D eigenvalue weighted by Crippen LogP contribution is -2.11. The number of hydrogen-bond acceptors (Lipinski definition) is 2. The van der Waals surface area contributed by atoms with E-state index >= 15 is 0 Å². The van der Waals surface area contributed by atoms with E-state index in [9.17, 15) is 13.6 Å². The highest BCUT2D eigenvalue weighted by Gasteiger charge is 2.14. The molecule has 0 aliphatic heterocycles. The van der Waals surface area contributed by atoms with Crippen molar-refractivity contribution >= 4 is 5.78 Å². The van der Waals surface area contributed by atoms with Gasteiger partial charge in [0.2, 0.25) is 0 Å². The molecule has 0 aliphatic rings. The maximum Gasteiger partial charge on any atom is 0.143 e. The first kappa shape index (κ1) is 14.4. The van der Waals surface area contributed by atoms with Crippen LogP contribution in [0.4, 0.5) is 8.78 Å². The van der Waals surface area contributed by atoms with Crippen LogP contribution in [0.15, 0.2) is 30.5 Å². The van der Waals surface area contributed by atoms with Crippen molar-refractivity contribution in [3.63, 3.8) is 0 Å². The highest BCUT2D eigenvalue weighted by atomic mass is 19.1. The average Bonchev–Trinajstić information content (AvgIpc) is 2.82. The number of ketones is 1. The van der Waals surface area contributed by atoms with Gasteiger partial charge in [-0.3, -0.25) is 9.48 Å². The lowest BCUT2D eigenvalue weighted by molar-refractivity contribution is -0.117. The number of benzene rings is 1. The van der Waals surface area contributed by atoms with Crippen molar-refractivity contribution in [3.8, 4) is 0 Å². The number of nitrogens with zero attached hydrogens (tertiary/aromatic N) is 2. The molecule has 3 nitrogen and oxygen atoms in total. The van der Waals surface area contributed by atoms with Crippen LogP contribution in [0.2, 0.25) is 0 Å². The minimum atomic E-state index is -0.689. The van der Waals surface area contributed by atoms with Gasteiger partial charge in [0.1, 0.15) is 17.4 Å². The van der Waals surface area contributed by atoms with Crippen molar-refractivity contribution in [1.29, 1.82) is 0 Å². The average molecular weight is 278 g/mol. The molecule has 0 radical (unpaired) electrons. The molecular weight excluding hydrogens is 262 g/mol. The van der Waals surface area contributed by atoms with Gasteiger partial charge in [-0.25, -0.2) is 8.78 Å². The zero-order valence-corrected chi connectivity index (χ0v) is 11.4. The van der Waals surface area contributed by atoms with Crippen LogP contribution in [-0.4, -0.2) is 15.6 Å². The quantitative estimate of drug-likeness (QED) is 0.842. The van der Waals surface area contributed by atoms with Crippen LogP contribution in [0.25, 0.3) is 0 Å². The molecule has 20 heavy (non-hydrogen) atoms. The third-order valence-electron chi connectivity index (χ3n) is 3.01. The Hall–Kier alpha value is -2.04. The predicted octanol–water partition coefficient (Wildman–Crippen LogP) is 3.10. The molecule has 5 heteroatoms. The summed E-state index contributed by atoms with van der Waals surface area (Å²) in [4.78, 5) is 11.9. The van der Waals surface area contributed by atoms with Crippen LogP contribution >= 0.6 is 0 Å². The van der Waals surface area contributed by atoms with Gasteiger partial charge in [-0.15, -0.1) is 0 Å². The Morgan fingerprint density at radius 1 is 1.20 bits per heavy atom. The Bertz CT molecular complexity index is 600. The van der Waals surface area contributed by atoms with Crippen molar-refractivity contribution < 1.29 is 13.6 Å². The lowest BCUT2D eigenvalue weighted by atomic mass is 10.0. The first-order valence-corrected chi connectivity index (χ1v) is 6.46. The van der Waals surface area contributed by atoms with Crippen LogP contribution in [-0.2, 0) is 17.6 Å². The molecule has 106 valence electrons. The second kappa shape index (κ2) is 5.94. The highest BCUT2D eigenvalue weighted by Crippen LogP contribution is 2.14. The maximum atomic E-state index is 13.4. The number of rotatable bonds is 5. The Labute approximate surface area is 116 Å². The van der Waals surface area contributed by atoms with Gasteiger partial charge in [-0.05, 0) is 32.0 Å². The van der Waals surface area contributed by atoms with Gasteiger partial charge in [0.15, 0.2) is 0 Å². The number of carbonyl (C=O) groups is 1. The number of halogens is 2. The number of hydrogen-bond donors (Lipinski definition) is 0. The minimum Gasteiger partial charge on any atom is -0.299 e. The number of Topliss-reactive ketones (excluding diaryl/α,β-unsaturated/α-hetero) is 1. The largest absolute Gasteiger partial charge is 0.299 e. The Kier molecular flexibility index (Phi) is 4.27. The summed E-state index contributed by atoms with van der Waals surface area (Å²) in [5, 5.41) is 4.24. The highest BCUT2D eigenvalue weighted by molar-refractivity contribution is 5.82. The molecule has 0 unspecified atom stereocenters. The molecule has 0 spiro atoms. The Morgan fingerprint density at radius 3 is 2.40 bits per heavy atom. The molecule has 2 aromatic rings. The van der Waals surface area contributed by atoms with E-state index < -0.39 is 11.6 Å². The van der Waals surface area contributed by atoms with Crippen LogP contribution in [0.1, 0.15) is 31.1 Å². The zero-order chi connectivity index (χ0) is 14.7. The zero-order valence-electron chi connectivity index (χ0n) is 11.4. The standard InChI is InChI=1S/C15H16F2N2O/c1-10(2)19-7-6-11(18-19)8-12(20)9-13-14(16)4-3-5-15(13)17/h3-7,10H,8-9H2,1-2H3. The van der Waals surface area contributed by atoms with E-state index in [1.807, 2.05) is 13.8 Å². The van der Waals surface area contributed by atoms with Crippen molar-refractivity contribution in [3.05, 3.63) is 53.4 Å². The molecule has 0 saturated heterocycles. The van der Waals surface area contributed by atoms with Crippen LogP contribution in [0.3, 0.4) is 0 Å². The van der Waals surface area contributed by atoms with E-state index in [4.69, 9.17) is 0 Å². The Morgan fingerprint density at radius 2 is 1.85 bits per heavy atom. The van der Waals surface area contributed by atoms with Crippen molar-refractivity contribution in [2.45, 2.75) is 32.7 Å². The molecule has 0 fully saturated rings. The molecular formula is C15H16F2N2O. The third-order valence-corrected chi connectivity index (χ3v) is 3.01. The SMILES string of the molecule is CC(C)n1ccc(CC(=O)Cc2c(F)cccc2F)n1. The fraction of sp³-hybridized carbons (Fsp3) is 0.333. The van der Waals surface area contributed by atoms with Gasteiger partial charge >= 0.3 is 0 Å². The summed E-state index contributed by atoms with van der Waals surface area (Å²) < 4.78 is 28.6. The topological polar surface area (TPSA) is 34.9 Å². The number of carbonyl (C=O) groups excluding carboxylic acids is 1. The normalized spacial score (nSPS) is 11.1. The van der Waals surface area contributed by atoms with Gasteiger partial charge in [0.25, 0.3) is 0 Å². The maximum absolute atomic E-state index is 13.4. The molecule has 0 bridgehead atoms. The molecule has 1 aromatic heterocycles. The summed E-state index contributed by atoms with van der Waals surface area (Å²) in [6.07, 6.45) is 1.61. The van der Waals surface area contributed by atoms with Crippen molar-refractivity contribution in [2.75, 3.05) is 0 Å². The second-order valence-electron chi connectivity index (χ2n) is 4.97. The summed E-state index contributed by atoms with van der Waals surface area (Å²) in [7, 11) is 0. The fourth-order valence-corrected chi connectivity index (χ4v) is 1.92. The molecule has 2 rings (SSSR count). The van der Waals surface area contributed by atoms with Gasteiger partial charge < -0.3 is 0 Å². The molecule has 0 N–H and O–H groups in total. The molecule has 0 amide bonds. The van der Waals surface area contributed by atoms with Crippen LogP contribution in [0, 0.1) is 11.6 Å². The van der Waals surface area contributed by atoms with E-state index in [1.54, 1.807) is 16.9 Å². The summed E-state index contributed by atoms with van der Waals surface area (Å²) in [6, 6.07) is 5.54. The summed E-state index contributed by atoms with van der Waals surface area (Å²) >= 11 is 0. The molecule has 0 saturated carbocycles. The molecule has 0 aliphatic carbocycles. The van der Waals surface area contributed by atoms with Gasteiger partial charge in [-0.1, -0.05) is 6.07 Å². The number of aromatic nitrogens is 2. The predicted molar refractivity (Wildman–Crippen MR) is 71.4 cm³/mol. The first-order valence-electron chi connectivity index (χ1n) is 6.46. The second-order valence-corrected chi connectivity index (χ2v) is 4.97. The van der Waals surface area contributed by atoms with E-state index in [0.717, 1.165) is 12.1 Å². The lowest BCUT2D eigenvalue weighted by Gasteiger charge is -2.05. The molecule has 0 atom stereocenters. The van der Waals surface area contributed by atoms with Crippen molar-refractivity contribution in [1.82, 2.24) is 9.78 Å².